The summed E-state index contributed by atoms with van der Waals surface area (Å²) in [6.07, 6.45) is -0.187. The topological polar surface area (TPSA) is 106 Å². The van der Waals surface area contributed by atoms with Crippen LogP contribution in [0.2, 0.25) is 0 Å². The minimum atomic E-state index is -5.02. The highest BCUT2D eigenvalue weighted by molar-refractivity contribution is 5.75. The van der Waals surface area contributed by atoms with Crippen molar-refractivity contribution in [2.75, 3.05) is 25.0 Å². The number of fused-ring (bicyclic) bond motifs is 1. The summed E-state index contributed by atoms with van der Waals surface area (Å²) < 4.78 is 44.2. The molecule has 12 heteroatoms. The van der Waals surface area contributed by atoms with Crippen LogP contribution in [-0.2, 0) is 9.53 Å². The minimum Gasteiger partial charge on any atom is -0.454 e. The van der Waals surface area contributed by atoms with Crippen molar-refractivity contribution in [1.29, 1.82) is 0 Å². The van der Waals surface area contributed by atoms with Crippen LogP contribution in [-0.4, -0.2) is 62.4 Å². The van der Waals surface area contributed by atoms with Crippen molar-refractivity contribution in [2.24, 2.45) is 5.92 Å². The van der Waals surface area contributed by atoms with Crippen LogP contribution in [0.15, 0.2) is 30.7 Å². The fourth-order valence-electron chi connectivity index (χ4n) is 3.71. The number of anilines is 1. The highest BCUT2D eigenvalue weighted by Gasteiger charge is 2.43. The Morgan fingerprint density at radius 3 is 2.85 bits per heavy atom. The normalized spacial score (nSPS) is 19.1. The number of esters is 1. The van der Waals surface area contributed by atoms with Crippen LogP contribution in [0.5, 0.6) is 0 Å². The van der Waals surface area contributed by atoms with Crippen LogP contribution in [0.3, 0.4) is 0 Å². The van der Waals surface area contributed by atoms with E-state index in [1.165, 1.54) is 0 Å². The molecule has 0 spiro atoms. The van der Waals surface area contributed by atoms with Crippen molar-refractivity contribution in [1.82, 2.24) is 29.9 Å². The number of ether oxygens (including phenoxy) is 1. The predicted molar refractivity (Wildman–Crippen MR) is 114 cm³/mol. The average Bonchev–Trinajstić information content (AvgIpc) is 3.22. The van der Waals surface area contributed by atoms with Gasteiger partial charge in [-0.3, -0.25) is 0 Å². The lowest BCUT2D eigenvalue weighted by molar-refractivity contribution is -0.207. The van der Waals surface area contributed by atoms with E-state index in [9.17, 15) is 18.0 Å². The second kappa shape index (κ2) is 9.30. The van der Waals surface area contributed by atoms with E-state index in [0.29, 0.717) is 30.3 Å². The zero-order valence-electron chi connectivity index (χ0n) is 18.1. The Bertz CT molecular complexity index is 1130. The van der Waals surface area contributed by atoms with E-state index < -0.39 is 18.2 Å². The van der Waals surface area contributed by atoms with Crippen LogP contribution in [0.25, 0.3) is 17.0 Å². The Labute approximate surface area is 187 Å². The number of nitrogens with one attached hydrogen (secondary N) is 2. The van der Waals surface area contributed by atoms with Crippen molar-refractivity contribution >= 4 is 17.6 Å². The number of carbonyl (C=O) groups excluding carboxylic acids is 1. The first-order chi connectivity index (χ1) is 15.7. The van der Waals surface area contributed by atoms with Crippen molar-refractivity contribution < 1.29 is 22.7 Å². The molecule has 0 aromatic carbocycles. The molecule has 2 atom stereocenters. The number of aromatic nitrogens is 5. The SMILES string of the molecule is CC(C)c1cnn2ccc(-c3ccnc(NCC4CCNCC4OC(=O)C(F)(F)F)n3)nc12. The van der Waals surface area contributed by atoms with Gasteiger partial charge in [0.15, 0.2) is 5.65 Å². The van der Waals surface area contributed by atoms with E-state index in [2.05, 4.69) is 44.3 Å². The Kier molecular flexibility index (Phi) is 6.45. The maximum Gasteiger partial charge on any atom is 0.490 e. The summed E-state index contributed by atoms with van der Waals surface area (Å²) in [7, 11) is 0. The molecule has 2 N–H and O–H groups in total. The van der Waals surface area contributed by atoms with Crippen LogP contribution in [0.4, 0.5) is 19.1 Å². The lowest BCUT2D eigenvalue weighted by Gasteiger charge is -2.32. The summed E-state index contributed by atoms with van der Waals surface area (Å²) in [5.74, 6) is -1.93. The van der Waals surface area contributed by atoms with Crippen LogP contribution < -0.4 is 10.6 Å². The first-order valence-corrected chi connectivity index (χ1v) is 10.6. The molecule has 1 aliphatic rings. The predicted octanol–water partition coefficient (Wildman–Crippen LogP) is 2.81. The van der Waals surface area contributed by atoms with E-state index in [1.54, 1.807) is 29.0 Å². The first-order valence-electron chi connectivity index (χ1n) is 10.6. The second-order valence-corrected chi connectivity index (χ2v) is 8.18. The maximum absolute atomic E-state index is 12.6. The van der Waals surface area contributed by atoms with Crippen molar-refractivity contribution in [3.63, 3.8) is 0 Å². The summed E-state index contributed by atoms with van der Waals surface area (Å²) in [4.78, 5) is 24.7. The molecule has 1 aliphatic heterocycles. The molecule has 0 bridgehead atoms. The number of hydrogen-bond donors (Lipinski definition) is 2. The molecule has 1 saturated heterocycles. The van der Waals surface area contributed by atoms with E-state index in [0.717, 1.165) is 11.2 Å². The van der Waals surface area contributed by atoms with E-state index in [-0.39, 0.29) is 24.9 Å². The van der Waals surface area contributed by atoms with E-state index in [4.69, 9.17) is 4.98 Å². The molecular formula is C21H24F3N7O2. The highest BCUT2D eigenvalue weighted by Crippen LogP contribution is 2.24. The number of nitrogens with zero attached hydrogens (tertiary/aromatic N) is 5. The molecular weight excluding hydrogens is 439 g/mol. The highest BCUT2D eigenvalue weighted by atomic mass is 19.4. The monoisotopic (exact) mass is 463 g/mol. The summed E-state index contributed by atoms with van der Waals surface area (Å²) in [6, 6.07) is 3.53. The van der Waals surface area contributed by atoms with Gasteiger partial charge in [-0.1, -0.05) is 13.8 Å². The standard InChI is InChI=1S/C21H24F3N7O2/c1-12(2)14-10-28-31-8-5-16(29-18(14)31)15-4-7-26-20(30-15)27-9-13-3-6-25-11-17(13)33-19(32)21(22,23)24/h4-5,7-8,10,12-13,17,25H,3,6,9,11H2,1-2H3,(H,26,27,30). The van der Waals surface area contributed by atoms with Crippen LogP contribution in [0.1, 0.15) is 31.7 Å². The molecule has 33 heavy (non-hydrogen) atoms. The van der Waals surface area contributed by atoms with E-state index >= 15 is 0 Å². The third-order valence-electron chi connectivity index (χ3n) is 5.51. The maximum atomic E-state index is 12.6. The van der Waals surface area contributed by atoms with Crippen molar-refractivity contribution in [3.8, 4) is 11.4 Å². The summed E-state index contributed by atoms with van der Waals surface area (Å²) in [5, 5.41) is 10.3. The van der Waals surface area contributed by atoms with Gasteiger partial charge in [-0.15, -0.1) is 0 Å². The van der Waals surface area contributed by atoms with Gasteiger partial charge in [0.25, 0.3) is 0 Å². The zero-order valence-corrected chi connectivity index (χ0v) is 18.1. The lowest BCUT2D eigenvalue weighted by atomic mass is 9.95. The molecule has 2 unspecified atom stereocenters. The van der Waals surface area contributed by atoms with Gasteiger partial charge in [0.2, 0.25) is 5.95 Å². The van der Waals surface area contributed by atoms with Crippen LogP contribution in [0, 0.1) is 5.92 Å². The number of alkyl halides is 3. The van der Waals surface area contributed by atoms with Gasteiger partial charge in [-0.05, 0) is 31.0 Å². The number of carbonyl (C=O) groups is 1. The van der Waals surface area contributed by atoms with Gasteiger partial charge >= 0.3 is 12.1 Å². The fraction of sp³-hybridized carbons (Fsp3) is 0.476. The first kappa shape index (κ1) is 22.9. The number of piperidine rings is 1. The van der Waals surface area contributed by atoms with Gasteiger partial charge in [-0.25, -0.2) is 24.3 Å². The number of halogens is 3. The average molecular weight is 463 g/mol. The molecule has 4 rings (SSSR count). The third kappa shape index (κ3) is 5.21. The Morgan fingerprint density at radius 2 is 2.09 bits per heavy atom. The Hall–Kier alpha value is -3.28. The zero-order chi connectivity index (χ0) is 23.6. The summed E-state index contributed by atoms with van der Waals surface area (Å²) in [5.41, 5.74) is 3.01. The molecule has 3 aromatic heterocycles. The smallest absolute Gasteiger partial charge is 0.454 e. The molecule has 4 heterocycles. The molecule has 9 nitrogen and oxygen atoms in total. The molecule has 1 fully saturated rings. The third-order valence-corrected chi connectivity index (χ3v) is 5.51. The summed E-state index contributed by atoms with van der Waals surface area (Å²) >= 11 is 0. The Morgan fingerprint density at radius 1 is 1.30 bits per heavy atom. The number of hydrogen-bond acceptors (Lipinski definition) is 8. The molecule has 0 amide bonds. The molecule has 0 radical (unpaired) electrons. The molecule has 176 valence electrons. The van der Waals surface area contributed by atoms with Crippen molar-refractivity contribution in [2.45, 2.75) is 38.5 Å². The van der Waals surface area contributed by atoms with Gasteiger partial charge in [-0.2, -0.15) is 18.3 Å². The molecule has 0 saturated carbocycles. The van der Waals surface area contributed by atoms with Gasteiger partial charge in [0.05, 0.1) is 17.6 Å². The second-order valence-electron chi connectivity index (χ2n) is 8.18. The van der Waals surface area contributed by atoms with Crippen molar-refractivity contribution in [3.05, 3.63) is 36.3 Å². The lowest BCUT2D eigenvalue weighted by Crippen LogP contribution is -2.47. The van der Waals surface area contributed by atoms with Crippen LogP contribution >= 0.6 is 0 Å². The van der Waals surface area contributed by atoms with Gasteiger partial charge in [0, 0.05) is 37.0 Å². The largest absolute Gasteiger partial charge is 0.490 e. The number of rotatable bonds is 6. The van der Waals surface area contributed by atoms with Gasteiger partial charge < -0.3 is 15.4 Å². The van der Waals surface area contributed by atoms with E-state index in [1.807, 2.05) is 6.20 Å². The molecule has 3 aromatic rings. The minimum absolute atomic E-state index is 0.155. The summed E-state index contributed by atoms with van der Waals surface area (Å²) in [6.45, 7) is 5.16. The fourth-order valence-corrected chi connectivity index (χ4v) is 3.71. The Balaban J connectivity index is 1.47. The quantitative estimate of drug-likeness (QED) is 0.538. The van der Waals surface area contributed by atoms with Gasteiger partial charge in [0.1, 0.15) is 6.10 Å². The molecule has 0 aliphatic carbocycles.